The minimum atomic E-state index is -5.55. The van der Waals surface area contributed by atoms with Crippen LogP contribution in [0.25, 0.3) is 0 Å². The van der Waals surface area contributed by atoms with Crippen molar-refractivity contribution in [1.82, 2.24) is 0 Å². The first kappa shape index (κ1) is 12.1. The molecule has 0 bridgehead atoms. The molecule has 8 heteroatoms. The van der Waals surface area contributed by atoms with Crippen molar-refractivity contribution >= 4 is 7.74 Å². The van der Waals surface area contributed by atoms with Gasteiger partial charge in [0.15, 0.2) is 0 Å². The molecule has 0 saturated carbocycles. The van der Waals surface area contributed by atoms with Gasteiger partial charge in [0.25, 0.3) is 0 Å². The zero-order valence-corrected chi connectivity index (χ0v) is 5.76. The quantitative estimate of drug-likeness (QED) is 0.159. The van der Waals surface area contributed by atoms with Gasteiger partial charge >= 0.3 is 67.4 Å². The van der Waals surface area contributed by atoms with Gasteiger partial charge in [0.1, 0.15) is 0 Å². The summed E-state index contributed by atoms with van der Waals surface area (Å²) >= 11 is 0. The van der Waals surface area contributed by atoms with Crippen LogP contribution in [0.2, 0.25) is 0 Å². The Labute approximate surface area is 67.6 Å². The molecule has 1 saturated heterocycles. The third kappa shape index (κ3) is 4.24. The van der Waals surface area contributed by atoms with Gasteiger partial charge in [-0.15, -0.1) is 0 Å². The summed E-state index contributed by atoms with van der Waals surface area (Å²) in [6, 6.07) is 0. The van der Waals surface area contributed by atoms with Crippen LogP contribution >= 0.6 is 7.74 Å². The van der Waals surface area contributed by atoms with E-state index in [2.05, 4.69) is 9.35 Å². The van der Waals surface area contributed by atoms with Gasteiger partial charge in [0.05, 0.1) is 0 Å². The minimum absolute atomic E-state index is 0. The molecular formula is CoLiO5P. The topological polar surface area (TPSA) is 94.2 Å². The van der Waals surface area contributed by atoms with Crippen LogP contribution in [0.15, 0.2) is 0 Å². The molecule has 0 aromatic heterocycles. The second-order valence-electron chi connectivity index (χ2n) is 0.894. The fourth-order valence-corrected chi connectivity index (χ4v) is 0.367. The van der Waals surface area contributed by atoms with E-state index in [0.717, 1.165) is 0 Å². The molecule has 45 valence electrons. The van der Waals surface area contributed by atoms with Gasteiger partial charge in [-0.25, -0.2) is 0 Å². The average Bonchev–Trinajstić information content (AvgIpc) is 1.73. The van der Waals surface area contributed by atoms with Crippen molar-refractivity contribution in [3.8, 4) is 0 Å². The predicted molar refractivity (Wildman–Crippen MR) is 9.09 cm³/mol. The van der Waals surface area contributed by atoms with Crippen molar-refractivity contribution in [2.45, 2.75) is 0 Å². The molecule has 5 nitrogen and oxygen atoms in total. The van der Waals surface area contributed by atoms with E-state index in [1.807, 2.05) is 0 Å². The van der Waals surface area contributed by atoms with Crippen molar-refractivity contribution in [2.24, 2.45) is 0 Å². The fraction of sp³-hybridized carbons (Fsp3) is 0. The average molecular weight is 177 g/mol. The van der Waals surface area contributed by atoms with Gasteiger partial charge < -0.3 is 0 Å². The summed E-state index contributed by atoms with van der Waals surface area (Å²) in [5.74, 6) is 0. The summed E-state index contributed by atoms with van der Waals surface area (Å²) in [7, 11) is -5.55. The Morgan fingerprint density at radius 1 is 1.00 bits per heavy atom. The molecule has 1 rings (SSSR count). The molecule has 1 fully saturated rings. The van der Waals surface area contributed by atoms with E-state index in [1.165, 1.54) is 0 Å². The van der Waals surface area contributed by atoms with Crippen LogP contribution in [0, 0.1) is 0 Å². The van der Waals surface area contributed by atoms with Crippen molar-refractivity contribution in [3.05, 3.63) is 0 Å². The molecule has 8 heavy (non-hydrogen) atoms. The third-order valence-corrected chi connectivity index (χ3v) is 0.771. The first-order valence-corrected chi connectivity index (χ1v) is 2.91. The summed E-state index contributed by atoms with van der Waals surface area (Å²) in [4.78, 5) is 28.1. The third-order valence-electron chi connectivity index (χ3n) is 0.257. The van der Waals surface area contributed by atoms with Crippen LogP contribution in [0.5, 0.6) is 0 Å². The predicted octanol–water partition coefficient (Wildman–Crippen LogP) is -5.84. The van der Waals surface area contributed by atoms with E-state index in [-0.39, 0.29) is 35.6 Å². The molecule has 0 aromatic rings. The van der Waals surface area contributed by atoms with Gasteiger partial charge in [-0.3, -0.25) is 0 Å². The Balaban J connectivity index is 0. The number of hydrogen-bond donors (Lipinski definition) is 0. The first-order valence-electron chi connectivity index (χ1n) is 1.08. The van der Waals surface area contributed by atoms with Crippen molar-refractivity contribution in [3.63, 3.8) is 0 Å². The summed E-state index contributed by atoms with van der Waals surface area (Å²) in [6.07, 6.45) is 0. The first-order chi connectivity index (χ1) is 2.47. The monoisotopic (exact) mass is 177 g/mol. The van der Waals surface area contributed by atoms with Crippen molar-refractivity contribution in [2.75, 3.05) is 0 Å². The van der Waals surface area contributed by atoms with Crippen LogP contribution < -0.4 is 33.5 Å². The second-order valence-corrected chi connectivity index (χ2v) is 2.68. The van der Waals surface area contributed by atoms with E-state index >= 15 is 0 Å². The van der Waals surface area contributed by atoms with Crippen LogP contribution in [-0.2, 0) is 26.1 Å². The second kappa shape index (κ2) is 2.52. The maximum absolute atomic E-state index is 9.37. The molecule has 0 aliphatic carbocycles. The summed E-state index contributed by atoms with van der Waals surface area (Å²) < 4.78 is 6.09. The summed E-state index contributed by atoms with van der Waals surface area (Å²) in [5.41, 5.74) is 0. The van der Waals surface area contributed by atoms with Crippen molar-refractivity contribution < 1.29 is 59.7 Å². The molecule has 0 spiro atoms. The van der Waals surface area contributed by atoms with E-state index in [1.54, 1.807) is 0 Å². The Morgan fingerprint density at radius 2 is 1.12 bits per heavy atom. The molecule has 0 amide bonds. The van der Waals surface area contributed by atoms with Crippen LogP contribution in [0.3, 0.4) is 0 Å². The van der Waals surface area contributed by atoms with Gasteiger partial charge in [-0.2, -0.15) is 0 Å². The molecule has 0 aromatic carbocycles. The molecule has 0 N–H and O–H groups in total. The van der Waals surface area contributed by atoms with Crippen molar-refractivity contribution in [1.29, 1.82) is 0 Å². The van der Waals surface area contributed by atoms with Gasteiger partial charge in [0, 0.05) is 0 Å². The van der Waals surface area contributed by atoms with Crippen LogP contribution in [-0.4, -0.2) is 0 Å². The molecular weight excluding hydrogens is 177 g/mol. The molecule has 1 aliphatic heterocycles. The Bertz CT molecular complexity index is 76.2. The SMILES string of the molecule is [Co+2].[Li+].[O-]P1([O-])([O-])OO1. The molecule has 1 radical (unpaired) electrons. The molecule has 0 atom stereocenters. The molecule has 1 heterocycles. The van der Waals surface area contributed by atoms with Gasteiger partial charge in [-0.1, -0.05) is 0 Å². The van der Waals surface area contributed by atoms with E-state index in [0.29, 0.717) is 0 Å². The zero-order chi connectivity index (χ0) is 4.86. The normalized spacial score (nSPS) is 32.1. The van der Waals surface area contributed by atoms with E-state index < -0.39 is 7.74 Å². The van der Waals surface area contributed by atoms with E-state index in [4.69, 9.17) is 0 Å². The summed E-state index contributed by atoms with van der Waals surface area (Å²) in [6.45, 7) is 0. The Hall–Kier alpha value is 1.33. The Kier molecular flexibility index (Phi) is 3.80. The zero-order valence-electron chi connectivity index (χ0n) is 3.82. The fourth-order valence-electron chi connectivity index (χ4n) is 0.0408. The maximum atomic E-state index is 9.37. The number of rotatable bonds is 0. The van der Waals surface area contributed by atoms with E-state index in [9.17, 15) is 14.7 Å². The van der Waals surface area contributed by atoms with Crippen LogP contribution in [0.1, 0.15) is 0 Å². The Morgan fingerprint density at radius 3 is 1.12 bits per heavy atom. The molecule has 1 aliphatic rings. The van der Waals surface area contributed by atoms with Gasteiger partial charge in [0.2, 0.25) is 0 Å². The molecule has 0 unspecified atom stereocenters. The number of hydrogen-bond acceptors (Lipinski definition) is 5. The van der Waals surface area contributed by atoms with Crippen LogP contribution in [0.4, 0.5) is 0 Å². The van der Waals surface area contributed by atoms with Gasteiger partial charge in [-0.05, 0) is 0 Å². The summed E-state index contributed by atoms with van der Waals surface area (Å²) in [5, 5.41) is 0. The standard InChI is InChI=1S/Co.Li.O5P/c;;1-6(2,3)4-5-6/q+2;+1;-3.